The highest BCUT2D eigenvalue weighted by Gasteiger charge is 2.14. The van der Waals surface area contributed by atoms with Crippen LogP contribution in [0.1, 0.15) is 12.8 Å². The molecule has 1 amide bonds. The van der Waals surface area contributed by atoms with Crippen molar-refractivity contribution in [2.24, 2.45) is 0 Å². The highest BCUT2D eigenvalue weighted by molar-refractivity contribution is 8.76. The number of carbonyl (C=O) groups excluding carboxylic acids is 3. The molecule has 20 heavy (non-hydrogen) atoms. The quantitative estimate of drug-likeness (QED) is 0.197. The second-order valence-electron chi connectivity index (χ2n) is 3.42. The van der Waals surface area contributed by atoms with E-state index in [1.165, 1.54) is 7.05 Å². The van der Waals surface area contributed by atoms with E-state index in [2.05, 4.69) is 4.84 Å². The largest absolute Gasteiger partial charge is 0.533 e. The first-order valence-corrected chi connectivity index (χ1v) is 8.39. The van der Waals surface area contributed by atoms with Crippen LogP contribution in [-0.2, 0) is 23.9 Å². The minimum Gasteiger partial charge on any atom is -0.432 e. The molecule has 9 heteroatoms. The van der Waals surface area contributed by atoms with Crippen LogP contribution < -0.4 is 0 Å². The second-order valence-corrected chi connectivity index (χ2v) is 6.13. The van der Waals surface area contributed by atoms with Gasteiger partial charge >= 0.3 is 6.16 Å². The van der Waals surface area contributed by atoms with Gasteiger partial charge in [0.15, 0.2) is 0 Å². The van der Waals surface area contributed by atoms with E-state index in [0.29, 0.717) is 18.6 Å². The van der Waals surface area contributed by atoms with Crippen LogP contribution in [0.4, 0.5) is 4.79 Å². The van der Waals surface area contributed by atoms with E-state index in [0.717, 1.165) is 10.8 Å². The van der Waals surface area contributed by atoms with E-state index in [-0.39, 0.29) is 19.4 Å². The summed E-state index contributed by atoms with van der Waals surface area (Å²) in [5.41, 5.74) is 0. The van der Waals surface area contributed by atoms with Crippen molar-refractivity contribution in [3.05, 3.63) is 0 Å². The number of nitrogens with zero attached hydrogens (tertiary/aromatic N) is 1. The number of hydrogen-bond donors (Lipinski definition) is 0. The summed E-state index contributed by atoms with van der Waals surface area (Å²) in [5, 5.41) is 0.770. The SMILES string of the molecule is COCCSSCCOC(=O)ON(C)C(=O)CCC=O. The summed E-state index contributed by atoms with van der Waals surface area (Å²) in [7, 11) is 6.11. The molecule has 0 aromatic heterocycles. The number of hydroxylamine groups is 2. The molecule has 0 aliphatic heterocycles. The zero-order chi connectivity index (χ0) is 15.2. The van der Waals surface area contributed by atoms with Gasteiger partial charge in [0.25, 0.3) is 5.91 Å². The van der Waals surface area contributed by atoms with Crippen molar-refractivity contribution in [2.45, 2.75) is 12.8 Å². The van der Waals surface area contributed by atoms with E-state index in [1.54, 1.807) is 28.7 Å². The van der Waals surface area contributed by atoms with Crippen molar-refractivity contribution in [1.82, 2.24) is 5.06 Å². The molecule has 0 rings (SSSR count). The molecular weight excluding hydrogens is 306 g/mol. The number of ether oxygens (including phenoxy) is 2. The molecule has 0 spiro atoms. The Balaban J connectivity index is 3.57. The lowest BCUT2D eigenvalue weighted by molar-refractivity contribution is -0.166. The summed E-state index contributed by atoms with van der Waals surface area (Å²) in [6, 6.07) is 0. The van der Waals surface area contributed by atoms with Crippen molar-refractivity contribution in [1.29, 1.82) is 0 Å². The molecule has 0 bridgehead atoms. The number of hydrogen-bond acceptors (Lipinski definition) is 8. The molecule has 0 fully saturated rings. The lowest BCUT2D eigenvalue weighted by Gasteiger charge is -2.15. The Morgan fingerprint density at radius 2 is 1.85 bits per heavy atom. The number of rotatable bonds is 10. The number of methoxy groups -OCH3 is 1. The molecule has 116 valence electrons. The van der Waals surface area contributed by atoms with Crippen LogP contribution >= 0.6 is 21.6 Å². The van der Waals surface area contributed by atoms with Gasteiger partial charge in [0.05, 0.1) is 6.61 Å². The lowest BCUT2D eigenvalue weighted by atomic mass is 10.3. The highest BCUT2D eigenvalue weighted by atomic mass is 33.1. The van der Waals surface area contributed by atoms with Crippen molar-refractivity contribution in [3.63, 3.8) is 0 Å². The first-order valence-electron chi connectivity index (χ1n) is 5.90. The first-order chi connectivity index (χ1) is 9.61. The third-order valence-electron chi connectivity index (χ3n) is 1.88. The van der Waals surface area contributed by atoms with Crippen LogP contribution in [0, 0.1) is 0 Å². The van der Waals surface area contributed by atoms with Crippen molar-refractivity contribution in [2.75, 3.05) is 38.9 Å². The summed E-state index contributed by atoms with van der Waals surface area (Å²) in [4.78, 5) is 37.3. The predicted octanol–water partition coefficient (Wildman–Crippen LogP) is 1.52. The molecule has 0 unspecified atom stereocenters. The Hall–Kier alpha value is -0.930. The molecule has 0 saturated carbocycles. The average molecular weight is 325 g/mol. The van der Waals surface area contributed by atoms with Gasteiger partial charge in [0, 0.05) is 38.5 Å². The summed E-state index contributed by atoms with van der Waals surface area (Å²) in [6.45, 7) is 0.869. The molecule has 0 atom stereocenters. The Morgan fingerprint density at radius 1 is 1.20 bits per heavy atom. The highest BCUT2D eigenvalue weighted by Crippen LogP contribution is 2.20. The first kappa shape index (κ1) is 19.1. The van der Waals surface area contributed by atoms with Gasteiger partial charge in [-0.15, -0.1) is 0 Å². The molecule has 0 aromatic rings. The van der Waals surface area contributed by atoms with Gasteiger partial charge in [0.2, 0.25) is 0 Å². The zero-order valence-corrected chi connectivity index (χ0v) is 13.2. The smallest absolute Gasteiger partial charge is 0.432 e. The fraction of sp³-hybridized carbons (Fsp3) is 0.727. The molecule has 0 aromatic carbocycles. The van der Waals surface area contributed by atoms with Gasteiger partial charge in [-0.25, -0.2) is 4.79 Å². The lowest BCUT2D eigenvalue weighted by Crippen LogP contribution is -2.30. The minimum absolute atomic E-state index is 0.000723. The molecular formula is C11H19NO6S2. The van der Waals surface area contributed by atoms with E-state index >= 15 is 0 Å². The summed E-state index contributed by atoms with van der Waals surface area (Å²) < 4.78 is 9.67. The van der Waals surface area contributed by atoms with Gasteiger partial charge in [-0.3, -0.25) is 4.79 Å². The fourth-order valence-electron chi connectivity index (χ4n) is 0.923. The summed E-state index contributed by atoms with van der Waals surface area (Å²) in [6.07, 6.45) is -0.215. The maximum absolute atomic E-state index is 11.3. The molecule has 0 radical (unpaired) electrons. The Labute approximate surface area is 126 Å². The van der Waals surface area contributed by atoms with E-state index < -0.39 is 12.1 Å². The summed E-state index contributed by atoms with van der Waals surface area (Å²) in [5.74, 6) is 1.02. The van der Waals surface area contributed by atoms with Gasteiger partial charge in [0.1, 0.15) is 12.9 Å². The molecule has 0 N–H and O–H groups in total. The van der Waals surface area contributed by atoms with Crippen LogP contribution in [-0.4, -0.2) is 62.3 Å². The minimum atomic E-state index is -0.936. The normalized spacial score (nSPS) is 9.90. The number of amides is 1. The third kappa shape index (κ3) is 10.9. The monoisotopic (exact) mass is 325 g/mol. The maximum atomic E-state index is 11.3. The standard InChI is InChI=1S/C11H19NO6S2/c1-12(10(14)4-3-5-13)18-11(15)17-7-9-20-19-8-6-16-2/h5H,3-4,6-9H2,1-2H3. The molecule has 7 nitrogen and oxygen atoms in total. The van der Waals surface area contributed by atoms with Crippen LogP contribution in [0.5, 0.6) is 0 Å². The van der Waals surface area contributed by atoms with Crippen LogP contribution in [0.2, 0.25) is 0 Å². The number of carbonyl (C=O) groups is 3. The van der Waals surface area contributed by atoms with Crippen molar-refractivity contribution in [3.8, 4) is 0 Å². The van der Waals surface area contributed by atoms with Crippen LogP contribution in [0.25, 0.3) is 0 Å². The second kappa shape index (κ2) is 13.1. The molecule has 0 aliphatic carbocycles. The van der Waals surface area contributed by atoms with Gasteiger partial charge < -0.3 is 19.1 Å². The third-order valence-corrected chi connectivity index (χ3v) is 4.21. The van der Waals surface area contributed by atoms with Crippen molar-refractivity contribution < 1.29 is 28.7 Å². The van der Waals surface area contributed by atoms with Gasteiger partial charge in [-0.05, 0) is 0 Å². The predicted molar refractivity (Wildman–Crippen MR) is 77.3 cm³/mol. The average Bonchev–Trinajstić information content (AvgIpc) is 2.43. The fourth-order valence-corrected chi connectivity index (χ4v) is 2.66. The molecule has 0 heterocycles. The maximum Gasteiger partial charge on any atom is 0.533 e. The van der Waals surface area contributed by atoms with Crippen LogP contribution in [0.3, 0.4) is 0 Å². The Kier molecular flexibility index (Phi) is 12.5. The molecule has 0 saturated heterocycles. The van der Waals surface area contributed by atoms with E-state index in [1.807, 2.05) is 0 Å². The van der Waals surface area contributed by atoms with Gasteiger partial charge in [-0.2, -0.15) is 5.06 Å². The Bertz CT molecular complexity index is 303. The zero-order valence-electron chi connectivity index (χ0n) is 11.5. The number of aldehydes is 1. The van der Waals surface area contributed by atoms with Crippen LogP contribution in [0.15, 0.2) is 0 Å². The van der Waals surface area contributed by atoms with Crippen molar-refractivity contribution >= 4 is 39.9 Å². The summed E-state index contributed by atoms with van der Waals surface area (Å²) >= 11 is 0. The van der Waals surface area contributed by atoms with E-state index in [9.17, 15) is 14.4 Å². The Morgan fingerprint density at radius 3 is 2.45 bits per heavy atom. The topological polar surface area (TPSA) is 82.1 Å². The molecule has 0 aliphatic rings. The van der Waals surface area contributed by atoms with Gasteiger partial charge in [-0.1, -0.05) is 21.6 Å². The van der Waals surface area contributed by atoms with E-state index in [4.69, 9.17) is 9.47 Å².